The minimum atomic E-state index is -0.726. The van der Waals surface area contributed by atoms with Crippen LogP contribution in [0.25, 0.3) is 0 Å². The molecule has 1 aliphatic rings. The summed E-state index contributed by atoms with van der Waals surface area (Å²) in [7, 11) is 5.76. The lowest BCUT2D eigenvalue weighted by Gasteiger charge is -2.28. The van der Waals surface area contributed by atoms with Crippen LogP contribution in [0.1, 0.15) is 33.1 Å². The van der Waals surface area contributed by atoms with Crippen molar-refractivity contribution in [2.75, 3.05) is 12.0 Å². The molecule has 0 bridgehead atoms. The van der Waals surface area contributed by atoms with E-state index in [4.69, 9.17) is 10.7 Å². The fraction of sp³-hybridized carbons (Fsp3) is 1.00. The van der Waals surface area contributed by atoms with Crippen LogP contribution < -0.4 is 0 Å². The summed E-state index contributed by atoms with van der Waals surface area (Å²) in [5.74, 6) is 2.20. The van der Waals surface area contributed by atoms with Crippen LogP contribution in [0.15, 0.2) is 0 Å². The molecule has 0 aliphatic heterocycles. The summed E-state index contributed by atoms with van der Waals surface area (Å²) in [6.45, 7) is 4.56. The molecule has 0 aromatic rings. The first-order valence-corrected chi connectivity index (χ1v) is 7.62. The molecule has 0 spiro atoms. The van der Waals surface area contributed by atoms with E-state index >= 15 is 0 Å². The van der Waals surface area contributed by atoms with Gasteiger partial charge in [-0.05, 0) is 30.8 Å². The molecule has 2 heteroatoms. The molecule has 68 valence electrons. The molecule has 1 aliphatic carbocycles. The summed E-state index contributed by atoms with van der Waals surface area (Å²) >= 11 is 0. The van der Waals surface area contributed by atoms with Crippen LogP contribution in [0.3, 0.4) is 0 Å². The lowest BCUT2D eigenvalue weighted by molar-refractivity contribution is 0.890. The van der Waals surface area contributed by atoms with Crippen LogP contribution in [0.4, 0.5) is 0 Å². The van der Waals surface area contributed by atoms with Gasteiger partial charge in [0.15, 0.2) is 0 Å². The Morgan fingerprint density at radius 1 is 1.55 bits per heavy atom. The zero-order valence-corrected chi connectivity index (χ0v) is 9.34. The summed E-state index contributed by atoms with van der Waals surface area (Å²) in [6, 6.07) is 0. The van der Waals surface area contributed by atoms with Gasteiger partial charge in [-0.2, -0.15) is 9.24 Å². The molecule has 0 radical (unpaired) electrons. The Kier molecular flexibility index (Phi) is 3.16. The Bertz CT molecular complexity index is 134. The predicted octanol–water partition coefficient (Wildman–Crippen LogP) is 3.78. The number of rotatable bonds is 4. The molecular formula is C9H19ClS. The van der Waals surface area contributed by atoms with Crippen molar-refractivity contribution in [1.82, 2.24) is 0 Å². The molecule has 0 nitrogen and oxygen atoms in total. The zero-order valence-electron chi connectivity index (χ0n) is 7.77. The molecule has 1 rings (SSSR count). The van der Waals surface area contributed by atoms with Gasteiger partial charge in [-0.3, -0.25) is 0 Å². The molecule has 0 aromatic carbocycles. The third-order valence-electron chi connectivity index (χ3n) is 2.56. The van der Waals surface area contributed by atoms with E-state index in [1.165, 1.54) is 25.0 Å². The molecule has 11 heavy (non-hydrogen) atoms. The molecule has 1 saturated carbocycles. The standard InChI is InChI=1S/C9H19ClS/c1-4-5-6-11(3,10)9-7-8(9)2/h8-9H,4-7H2,1-3H3. The van der Waals surface area contributed by atoms with Gasteiger partial charge < -0.3 is 0 Å². The van der Waals surface area contributed by atoms with Crippen LogP contribution in [0, 0.1) is 5.92 Å². The highest BCUT2D eigenvalue weighted by Crippen LogP contribution is 2.65. The summed E-state index contributed by atoms with van der Waals surface area (Å²) in [5, 5.41) is 0.885. The van der Waals surface area contributed by atoms with E-state index < -0.39 is 9.24 Å². The maximum atomic E-state index is 6.49. The van der Waals surface area contributed by atoms with Gasteiger partial charge in [0.2, 0.25) is 0 Å². The Labute approximate surface area is 76.5 Å². The summed E-state index contributed by atoms with van der Waals surface area (Å²) in [5.41, 5.74) is 0. The highest BCUT2D eigenvalue weighted by atomic mass is 35.7. The number of hydrogen-bond acceptors (Lipinski definition) is 0. The van der Waals surface area contributed by atoms with Crippen molar-refractivity contribution in [3.63, 3.8) is 0 Å². The van der Waals surface area contributed by atoms with Crippen LogP contribution in [-0.4, -0.2) is 17.3 Å². The normalized spacial score (nSPS) is 37.8. The van der Waals surface area contributed by atoms with Gasteiger partial charge in [0.05, 0.1) is 0 Å². The van der Waals surface area contributed by atoms with E-state index in [-0.39, 0.29) is 0 Å². The van der Waals surface area contributed by atoms with Crippen molar-refractivity contribution in [3.8, 4) is 0 Å². The summed E-state index contributed by atoms with van der Waals surface area (Å²) in [4.78, 5) is 0. The van der Waals surface area contributed by atoms with Gasteiger partial charge in [-0.25, -0.2) is 0 Å². The monoisotopic (exact) mass is 194 g/mol. The fourth-order valence-electron chi connectivity index (χ4n) is 1.55. The van der Waals surface area contributed by atoms with E-state index in [9.17, 15) is 0 Å². The quantitative estimate of drug-likeness (QED) is 0.639. The third-order valence-corrected chi connectivity index (χ3v) is 6.72. The molecule has 0 aromatic heterocycles. The van der Waals surface area contributed by atoms with Crippen molar-refractivity contribution in [2.24, 2.45) is 5.92 Å². The first-order chi connectivity index (χ1) is 5.08. The van der Waals surface area contributed by atoms with E-state index in [1.807, 2.05) is 0 Å². The number of hydrogen-bond donors (Lipinski definition) is 0. The van der Waals surface area contributed by atoms with Crippen molar-refractivity contribution in [2.45, 2.75) is 38.4 Å². The SMILES string of the molecule is CCCCS(C)(Cl)C1CC1C. The van der Waals surface area contributed by atoms with Crippen molar-refractivity contribution >= 4 is 19.9 Å². The lowest BCUT2D eigenvalue weighted by Crippen LogP contribution is -2.02. The second-order valence-electron chi connectivity index (χ2n) is 3.85. The van der Waals surface area contributed by atoms with Crippen LogP contribution in [-0.2, 0) is 0 Å². The molecule has 0 amide bonds. The van der Waals surface area contributed by atoms with Crippen LogP contribution >= 0.6 is 19.9 Å². The molecule has 0 saturated heterocycles. The number of unbranched alkanes of at least 4 members (excludes halogenated alkanes) is 1. The Morgan fingerprint density at radius 3 is 2.45 bits per heavy atom. The minimum Gasteiger partial charge on any atom is -0.163 e. The first-order valence-electron chi connectivity index (χ1n) is 4.52. The molecule has 3 atom stereocenters. The Hall–Kier alpha value is 0.640. The van der Waals surface area contributed by atoms with Gasteiger partial charge in [0.25, 0.3) is 0 Å². The van der Waals surface area contributed by atoms with Gasteiger partial charge in [-0.15, -0.1) is 0 Å². The highest BCUT2D eigenvalue weighted by molar-refractivity contribution is 8.51. The second-order valence-corrected chi connectivity index (χ2v) is 9.07. The summed E-state index contributed by atoms with van der Waals surface area (Å²) in [6.07, 6.45) is 6.28. The topological polar surface area (TPSA) is 0 Å². The zero-order chi connectivity index (χ0) is 8.48. The van der Waals surface area contributed by atoms with Crippen LogP contribution in [0.2, 0.25) is 0 Å². The van der Waals surface area contributed by atoms with Crippen LogP contribution in [0.5, 0.6) is 0 Å². The van der Waals surface area contributed by atoms with Crippen molar-refractivity contribution in [1.29, 1.82) is 0 Å². The maximum Gasteiger partial charge on any atom is 0.00404 e. The van der Waals surface area contributed by atoms with E-state index in [0.717, 1.165) is 11.2 Å². The Morgan fingerprint density at radius 2 is 2.09 bits per heavy atom. The van der Waals surface area contributed by atoms with E-state index in [0.29, 0.717) is 0 Å². The van der Waals surface area contributed by atoms with Gasteiger partial charge in [-0.1, -0.05) is 31.0 Å². The molecule has 0 heterocycles. The third kappa shape index (κ3) is 2.55. The lowest BCUT2D eigenvalue weighted by atomic mass is 10.4. The fourth-order valence-corrected chi connectivity index (χ4v) is 5.45. The molecule has 0 N–H and O–H groups in total. The summed E-state index contributed by atoms with van der Waals surface area (Å²) < 4.78 is 0. The Balaban J connectivity index is 2.28. The molecule has 3 unspecified atom stereocenters. The maximum absolute atomic E-state index is 6.49. The van der Waals surface area contributed by atoms with E-state index in [2.05, 4.69) is 20.1 Å². The number of halogens is 1. The highest BCUT2D eigenvalue weighted by Gasteiger charge is 2.42. The van der Waals surface area contributed by atoms with Gasteiger partial charge in [0.1, 0.15) is 0 Å². The smallest absolute Gasteiger partial charge is 0.00404 e. The molecular weight excluding hydrogens is 176 g/mol. The average molecular weight is 195 g/mol. The van der Waals surface area contributed by atoms with E-state index in [1.54, 1.807) is 0 Å². The average Bonchev–Trinajstić information content (AvgIpc) is 2.63. The first kappa shape index (κ1) is 9.73. The van der Waals surface area contributed by atoms with Crippen molar-refractivity contribution < 1.29 is 0 Å². The second kappa shape index (κ2) is 3.57. The minimum absolute atomic E-state index is 0.726. The van der Waals surface area contributed by atoms with Gasteiger partial charge in [0, 0.05) is 5.25 Å². The predicted molar refractivity (Wildman–Crippen MR) is 56.7 cm³/mol. The molecule has 1 fully saturated rings. The largest absolute Gasteiger partial charge is 0.163 e. The van der Waals surface area contributed by atoms with Crippen molar-refractivity contribution in [3.05, 3.63) is 0 Å². The van der Waals surface area contributed by atoms with Gasteiger partial charge >= 0.3 is 0 Å².